The van der Waals surface area contributed by atoms with Crippen LogP contribution in [0.15, 0.2) is 0 Å². The quantitative estimate of drug-likeness (QED) is 0.530. The maximum absolute atomic E-state index is 5.77. The summed E-state index contributed by atoms with van der Waals surface area (Å²) >= 11 is 0. The molecule has 0 aliphatic heterocycles. The highest BCUT2D eigenvalue weighted by molar-refractivity contribution is 4.57. The zero-order valence-corrected chi connectivity index (χ0v) is 10.0. The highest BCUT2D eigenvalue weighted by Gasteiger charge is 1.98. The van der Waals surface area contributed by atoms with Crippen molar-refractivity contribution in [3.63, 3.8) is 0 Å². The molecule has 0 bridgehead atoms. The molecule has 4 heteroatoms. The Labute approximate surface area is 93.1 Å². The van der Waals surface area contributed by atoms with Crippen LogP contribution < -0.4 is 5.73 Å². The average molecular weight is 219 g/mol. The van der Waals surface area contributed by atoms with Crippen LogP contribution in [0, 0.1) is 0 Å². The van der Waals surface area contributed by atoms with Crippen molar-refractivity contribution in [3.05, 3.63) is 0 Å². The monoisotopic (exact) mass is 219 g/mol. The second-order valence-corrected chi connectivity index (χ2v) is 3.53. The molecule has 4 nitrogen and oxygen atoms in total. The second kappa shape index (κ2) is 11.9. The summed E-state index contributed by atoms with van der Waals surface area (Å²) in [4.78, 5) is 0. The summed E-state index contributed by atoms with van der Waals surface area (Å²) in [7, 11) is 1.66. The molecule has 0 saturated heterocycles. The van der Waals surface area contributed by atoms with E-state index in [1.165, 1.54) is 0 Å². The average Bonchev–Trinajstić information content (AvgIpc) is 2.26. The lowest BCUT2D eigenvalue weighted by Crippen LogP contribution is -2.19. The Hall–Kier alpha value is -0.160. The molecule has 0 spiro atoms. The molecule has 15 heavy (non-hydrogen) atoms. The number of methoxy groups -OCH3 is 1. The Kier molecular flexibility index (Phi) is 11.8. The van der Waals surface area contributed by atoms with E-state index in [0.717, 1.165) is 25.9 Å². The highest BCUT2D eigenvalue weighted by atomic mass is 16.5. The van der Waals surface area contributed by atoms with E-state index in [4.69, 9.17) is 19.9 Å². The van der Waals surface area contributed by atoms with E-state index >= 15 is 0 Å². The van der Waals surface area contributed by atoms with Crippen LogP contribution in [0.1, 0.15) is 26.2 Å². The predicted octanol–water partition coefficient (Wildman–Crippen LogP) is 1.18. The van der Waals surface area contributed by atoms with E-state index < -0.39 is 0 Å². The zero-order valence-electron chi connectivity index (χ0n) is 10.0. The normalized spacial score (nSPS) is 13.0. The molecule has 2 N–H and O–H groups in total. The van der Waals surface area contributed by atoms with Crippen molar-refractivity contribution < 1.29 is 14.2 Å². The molecular formula is C11H25NO3. The van der Waals surface area contributed by atoms with Crippen molar-refractivity contribution in [2.75, 3.05) is 40.1 Å². The molecule has 0 saturated carbocycles. The van der Waals surface area contributed by atoms with Gasteiger partial charge in [-0.15, -0.1) is 0 Å². The van der Waals surface area contributed by atoms with Gasteiger partial charge in [0.2, 0.25) is 0 Å². The number of hydrogen-bond acceptors (Lipinski definition) is 4. The summed E-state index contributed by atoms with van der Waals surface area (Å²) in [6.07, 6.45) is 3.12. The molecule has 0 aliphatic carbocycles. The van der Waals surface area contributed by atoms with E-state index in [-0.39, 0.29) is 0 Å². The van der Waals surface area contributed by atoms with Crippen molar-refractivity contribution in [2.24, 2.45) is 5.73 Å². The standard InChI is InChI=1S/C11H25NO3/c1-3-11(12)5-4-6-14-9-10-15-8-7-13-2/h11H,3-10,12H2,1-2H3. The first-order chi connectivity index (χ1) is 7.31. The minimum atomic E-state index is 0.326. The number of rotatable bonds is 11. The van der Waals surface area contributed by atoms with Crippen LogP contribution >= 0.6 is 0 Å². The second-order valence-electron chi connectivity index (χ2n) is 3.53. The summed E-state index contributed by atoms with van der Waals surface area (Å²) in [5, 5.41) is 0. The molecule has 92 valence electrons. The van der Waals surface area contributed by atoms with Gasteiger partial charge in [-0.05, 0) is 19.3 Å². The Morgan fingerprint density at radius 3 is 2.20 bits per heavy atom. The molecule has 0 aromatic rings. The Morgan fingerprint density at radius 2 is 1.60 bits per heavy atom. The molecular weight excluding hydrogens is 194 g/mol. The number of nitrogens with two attached hydrogens (primary N) is 1. The van der Waals surface area contributed by atoms with Gasteiger partial charge in [-0.2, -0.15) is 0 Å². The Balaban J connectivity index is 2.92. The molecule has 0 amide bonds. The molecule has 0 heterocycles. The summed E-state index contributed by atoms with van der Waals surface area (Å²) in [6, 6.07) is 0.326. The molecule has 0 radical (unpaired) electrons. The topological polar surface area (TPSA) is 53.7 Å². The van der Waals surface area contributed by atoms with Gasteiger partial charge in [0.1, 0.15) is 0 Å². The van der Waals surface area contributed by atoms with Crippen LogP contribution in [0.3, 0.4) is 0 Å². The molecule has 1 unspecified atom stereocenters. The van der Waals surface area contributed by atoms with Gasteiger partial charge in [0, 0.05) is 19.8 Å². The van der Waals surface area contributed by atoms with Crippen molar-refractivity contribution >= 4 is 0 Å². The van der Waals surface area contributed by atoms with E-state index in [9.17, 15) is 0 Å². The van der Waals surface area contributed by atoms with E-state index in [2.05, 4.69) is 6.92 Å². The maximum Gasteiger partial charge on any atom is 0.0701 e. The largest absolute Gasteiger partial charge is 0.382 e. The van der Waals surface area contributed by atoms with Gasteiger partial charge < -0.3 is 19.9 Å². The van der Waals surface area contributed by atoms with Crippen LogP contribution in [0.25, 0.3) is 0 Å². The predicted molar refractivity (Wildman–Crippen MR) is 61.0 cm³/mol. The number of ether oxygens (including phenoxy) is 3. The molecule has 1 atom stereocenters. The van der Waals surface area contributed by atoms with E-state index in [1.54, 1.807) is 7.11 Å². The van der Waals surface area contributed by atoms with Crippen LogP contribution in [0.4, 0.5) is 0 Å². The van der Waals surface area contributed by atoms with Crippen LogP contribution in [0.2, 0.25) is 0 Å². The van der Waals surface area contributed by atoms with Crippen molar-refractivity contribution in [1.29, 1.82) is 0 Å². The van der Waals surface area contributed by atoms with Crippen LogP contribution in [-0.4, -0.2) is 46.2 Å². The van der Waals surface area contributed by atoms with Crippen molar-refractivity contribution in [3.8, 4) is 0 Å². The third-order valence-electron chi connectivity index (χ3n) is 2.19. The van der Waals surface area contributed by atoms with Gasteiger partial charge in [-0.3, -0.25) is 0 Å². The summed E-state index contributed by atoms with van der Waals surface area (Å²) < 4.78 is 15.5. The van der Waals surface area contributed by atoms with Gasteiger partial charge in [-0.25, -0.2) is 0 Å². The highest BCUT2D eigenvalue weighted by Crippen LogP contribution is 1.98. The lowest BCUT2D eigenvalue weighted by atomic mass is 10.1. The van der Waals surface area contributed by atoms with Crippen LogP contribution in [0.5, 0.6) is 0 Å². The molecule has 0 aromatic heterocycles. The summed E-state index contributed by atoms with van der Waals surface area (Å²) in [5.74, 6) is 0. The molecule has 0 rings (SSSR count). The fourth-order valence-corrected chi connectivity index (χ4v) is 1.12. The van der Waals surface area contributed by atoms with Gasteiger partial charge in [0.15, 0.2) is 0 Å². The lowest BCUT2D eigenvalue weighted by molar-refractivity contribution is 0.0238. The minimum absolute atomic E-state index is 0.326. The molecule has 0 fully saturated rings. The maximum atomic E-state index is 5.77. The van der Waals surface area contributed by atoms with Crippen molar-refractivity contribution in [1.82, 2.24) is 0 Å². The molecule has 0 aromatic carbocycles. The zero-order chi connectivity index (χ0) is 11.4. The fourth-order valence-electron chi connectivity index (χ4n) is 1.12. The fraction of sp³-hybridized carbons (Fsp3) is 1.00. The van der Waals surface area contributed by atoms with Gasteiger partial charge >= 0.3 is 0 Å². The Bertz CT molecular complexity index is 122. The minimum Gasteiger partial charge on any atom is -0.382 e. The van der Waals surface area contributed by atoms with Gasteiger partial charge in [0.25, 0.3) is 0 Å². The lowest BCUT2D eigenvalue weighted by Gasteiger charge is -2.08. The van der Waals surface area contributed by atoms with E-state index in [1.807, 2.05) is 0 Å². The SMILES string of the molecule is CCC(N)CCCOCCOCCOC. The smallest absolute Gasteiger partial charge is 0.0701 e. The van der Waals surface area contributed by atoms with E-state index in [0.29, 0.717) is 32.5 Å². The Morgan fingerprint density at radius 1 is 1.00 bits per heavy atom. The summed E-state index contributed by atoms with van der Waals surface area (Å²) in [5.41, 5.74) is 5.77. The third kappa shape index (κ3) is 11.8. The van der Waals surface area contributed by atoms with Gasteiger partial charge in [0.05, 0.1) is 26.4 Å². The molecule has 0 aliphatic rings. The third-order valence-corrected chi connectivity index (χ3v) is 2.19. The first-order valence-electron chi connectivity index (χ1n) is 5.71. The number of hydrogen-bond donors (Lipinski definition) is 1. The summed E-state index contributed by atoms with van der Waals surface area (Å²) in [6.45, 7) is 5.47. The first-order valence-corrected chi connectivity index (χ1v) is 5.71. The first kappa shape index (κ1) is 14.8. The van der Waals surface area contributed by atoms with Crippen LogP contribution in [-0.2, 0) is 14.2 Å². The van der Waals surface area contributed by atoms with Gasteiger partial charge in [-0.1, -0.05) is 6.92 Å². The van der Waals surface area contributed by atoms with Crippen molar-refractivity contribution in [2.45, 2.75) is 32.2 Å².